The normalized spacial score (nSPS) is 17.6. The lowest BCUT2D eigenvalue weighted by Crippen LogP contribution is -2.45. The van der Waals surface area contributed by atoms with Gasteiger partial charge in [-0.3, -0.25) is 0 Å². The zero-order chi connectivity index (χ0) is 18.6. The van der Waals surface area contributed by atoms with Gasteiger partial charge in [-0.15, -0.1) is 0 Å². The number of benzene rings is 1. The number of hydrogen-bond acceptors (Lipinski definition) is 4. The SMILES string of the molecule is CCOc1cccc([C@@H]2NC(=O)NC(C)=C2C(=O)OCC(F)(F)F)c1. The summed E-state index contributed by atoms with van der Waals surface area (Å²) < 4.78 is 46.6. The van der Waals surface area contributed by atoms with Crippen LogP contribution in [0.2, 0.25) is 0 Å². The summed E-state index contributed by atoms with van der Waals surface area (Å²) >= 11 is 0. The fourth-order valence-electron chi connectivity index (χ4n) is 2.39. The Bertz CT molecular complexity index is 701. The van der Waals surface area contributed by atoms with Crippen LogP contribution < -0.4 is 15.4 Å². The van der Waals surface area contributed by atoms with E-state index in [9.17, 15) is 22.8 Å². The Morgan fingerprint density at radius 2 is 2.04 bits per heavy atom. The Balaban J connectivity index is 2.33. The highest BCUT2D eigenvalue weighted by molar-refractivity contribution is 5.95. The van der Waals surface area contributed by atoms with Crippen LogP contribution in [0.4, 0.5) is 18.0 Å². The van der Waals surface area contributed by atoms with Crippen LogP contribution in [0.15, 0.2) is 35.5 Å². The quantitative estimate of drug-likeness (QED) is 0.794. The number of rotatable bonds is 5. The number of carbonyl (C=O) groups is 2. The highest BCUT2D eigenvalue weighted by Crippen LogP contribution is 2.30. The number of amides is 2. The lowest BCUT2D eigenvalue weighted by atomic mass is 9.95. The molecule has 0 fully saturated rings. The van der Waals surface area contributed by atoms with Crippen LogP contribution in [0.1, 0.15) is 25.5 Å². The number of alkyl halides is 3. The van der Waals surface area contributed by atoms with Crippen molar-refractivity contribution in [2.24, 2.45) is 0 Å². The highest BCUT2D eigenvalue weighted by atomic mass is 19.4. The summed E-state index contributed by atoms with van der Waals surface area (Å²) in [4.78, 5) is 23.9. The van der Waals surface area contributed by atoms with Crippen LogP contribution in [-0.2, 0) is 9.53 Å². The minimum Gasteiger partial charge on any atom is -0.494 e. The Hall–Kier alpha value is -2.71. The molecule has 0 aromatic heterocycles. The first-order chi connectivity index (χ1) is 11.7. The average Bonchev–Trinajstić information content (AvgIpc) is 2.52. The van der Waals surface area contributed by atoms with Gasteiger partial charge < -0.3 is 20.1 Å². The first-order valence-corrected chi connectivity index (χ1v) is 7.46. The van der Waals surface area contributed by atoms with Gasteiger partial charge >= 0.3 is 18.2 Å². The molecule has 0 radical (unpaired) electrons. The third-order valence-electron chi connectivity index (χ3n) is 3.36. The van der Waals surface area contributed by atoms with Gasteiger partial charge in [-0.2, -0.15) is 13.2 Å². The molecule has 2 rings (SSSR count). The molecule has 0 bridgehead atoms. The number of urea groups is 1. The molecular weight excluding hydrogens is 341 g/mol. The number of nitrogens with one attached hydrogen (secondary N) is 2. The maximum atomic E-state index is 12.3. The van der Waals surface area contributed by atoms with Gasteiger partial charge in [0.15, 0.2) is 6.61 Å². The number of halogens is 3. The second-order valence-corrected chi connectivity index (χ2v) is 5.27. The van der Waals surface area contributed by atoms with Crippen LogP contribution >= 0.6 is 0 Å². The molecule has 25 heavy (non-hydrogen) atoms. The fourth-order valence-corrected chi connectivity index (χ4v) is 2.39. The number of esters is 1. The van der Waals surface area contributed by atoms with E-state index in [1.807, 2.05) is 0 Å². The van der Waals surface area contributed by atoms with Crippen molar-refractivity contribution in [3.8, 4) is 5.75 Å². The molecule has 2 N–H and O–H groups in total. The minimum absolute atomic E-state index is 0.0995. The largest absolute Gasteiger partial charge is 0.494 e. The van der Waals surface area contributed by atoms with Gasteiger partial charge in [-0.25, -0.2) is 9.59 Å². The standard InChI is InChI=1S/C16H17F3N2O4/c1-3-24-11-6-4-5-10(7-11)13-12(9(2)20-15(23)21-13)14(22)25-8-16(17,18)19/h4-7,13H,3,8H2,1-2H3,(H2,20,21,23)/t13-/m0/s1. The van der Waals surface area contributed by atoms with Gasteiger partial charge in [0.1, 0.15) is 5.75 Å². The van der Waals surface area contributed by atoms with Crippen LogP contribution in [0.3, 0.4) is 0 Å². The molecule has 136 valence electrons. The number of ether oxygens (including phenoxy) is 2. The van der Waals surface area contributed by atoms with Crippen LogP contribution in [0, 0.1) is 0 Å². The Labute approximate surface area is 142 Å². The van der Waals surface area contributed by atoms with E-state index >= 15 is 0 Å². The smallest absolute Gasteiger partial charge is 0.422 e. The van der Waals surface area contributed by atoms with E-state index in [2.05, 4.69) is 15.4 Å². The molecule has 6 nitrogen and oxygen atoms in total. The molecule has 9 heteroatoms. The van der Waals surface area contributed by atoms with E-state index in [0.29, 0.717) is 17.9 Å². The fraction of sp³-hybridized carbons (Fsp3) is 0.375. The maximum Gasteiger partial charge on any atom is 0.422 e. The van der Waals surface area contributed by atoms with Crippen molar-refractivity contribution >= 4 is 12.0 Å². The average molecular weight is 358 g/mol. The van der Waals surface area contributed by atoms with Gasteiger partial charge in [-0.1, -0.05) is 12.1 Å². The third-order valence-corrected chi connectivity index (χ3v) is 3.36. The number of hydrogen-bond donors (Lipinski definition) is 2. The number of allylic oxidation sites excluding steroid dienone is 1. The monoisotopic (exact) mass is 358 g/mol. The topological polar surface area (TPSA) is 76.7 Å². The van der Waals surface area contributed by atoms with Gasteiger partial charge in [0.25, 0.3) is 0 Å². The summed E-state index contributed by atoms with van der Waals surface area (Å²) in [7, 11) is 0. The molecule has 0 spiro atoms. The van der Waals surface area contributed by atoms with Crippen molar-refractivity contribution in [1.82, 2.24) is 10.6 Å². The first-order valence-electron chi connectivity index (χ1n) is 7.46. The van der Waals surface area contributed by atoms with Gasteiger partial charge in [0, 0.05) is 5.70 Å². The third kappa shape index (κ3) is 4.88. The molecule has 1 aromatic rings. The van der Waals surface area contributed by atoms with Crippen molar-refractivity contribution in [3.63, 3.8) is 0 Å². The molecule has 0 unspecified atom stereocenters. The predicted molar refractivity (Wildman–Crippen MR) is 81.7 cm³/mol. The maximum absolute atomic E-state index is 12.3. The second-order valence-electron chi connectivity index (χ2n) is 5.27. The Morgan fingerprint density at radius 3 is 2.68 bits per heavy atom. The predicted octanol–water partition coefficient (Wildman–Crippen LogP) is 2.82. The van der Waals surface area contributed by atoms with E-state index in [1.165, 1.54) is 6.92 Å². The molecule has 1 atom stereocenters. The summed E-state index contributed by atoms with van der Waals surface area (Å²) in [6.45, 7) is 1.92. The van der Waals surface area contributed by atoms with Crippen LogP contribution in [0.5, 0.6) is 5.75 Å². The van der Waals surface area contributed by atoms with Gasteiger partial charge in [0.05, 0.1) is 18.2 Å². The first kappa shape index (κ1) is 18.6. The lowest BCUT2D eigenvalue weighted by molar-refractivity contribution is -0.183. The summed E-state index contributed by atoms with van der Waals surface area (Å²) in [6.07, 6.45) is -4.64. The van der Waals surface area contributed by atoms with E-state index < -0.39 is 30.8 Å². The number of carbonyl (C=O) groups excluding carboxylic acids is 2. The minimum atomic E-state index is -4.64. The van der Waals surface area contributed by atoms with Crippen molar-refractivity contribution in [2.75, 3.05) is 13.2 Å². The van der Waals surface area contributed by atoms with Crippen molar-refractivity contribution in [2.45, 2.75) is 26.1 Å². The molecule has 0 saturated carbocycles. The van der Waals surface area contributed by atoms with E-state index in [0.717, 1.165) is 0 Å². The van der Waals surface area contributed by atoms with Gasteiger partial charge in [-0.05, 0) is 31.5 Å². The Kier molecular flexibility index (Phi) is 5.55. The summed E-state index contributed by atoms with van der Waals surface area (Å²) in [6, 6.07) is 5.05. The summed E-state index contributed by atoms with van der Waals surface area (Å²) in [5, 5.41) is 4.88. The van der Waals surface area contributed by atoms with E-state index in [1.54, 1.807) is 31.2 Å². The summed E-state index contributed by atoms with van der Waals surface area (Å²) in [5.74, 6) is -0.650. The van der Waals surface area contributed by atoms with Crippen molar-refractivity contribution in [3.05, 3.63) is 41.1 Å². The van der Waals surface area contributed by atoms with E-state index in [-0.39, 0.29) is 11.3 Å². The molecule has 0 saturated heterocycles. The second kappa shape index (κ2) is 7.45. The Morgan fingerprint density at radius 1 is 1.32 bits per heavy atom. The molecule has 2 amide bonds. The molecule has 1 aliphatic rings. The zero-order valence-electron chi connectivity index (χ0n) is 13.6. The van der Waals surface area contributed by atoms with Crippen molar-refractivity contribution < 1.29 is 32.2 Å². The lowest BCUT2D eigenvalue weighted by Gasteiger charge is -2.28. The molecule has 1 aliphatic heterocycles. The molecule has 1 aromatic carbocycles. The molecular formula is C16H17F3N2O4. The van der Waals surface area contributed by atoms with Gasteiger partial charge in [0.2, 0.25) is 0 Å². The van der Waals surface area contributed by atoms with E-state index in [4.69, 9.17) is 4.74 Å². The highest BCUT2D eigenvalue weighted by Gasteiger charge is 2.35. The van der Waals surface area contributed by atoms with Crippen LogP contribution in [-0.4, -0.2) is 31.4 Å². The van der Waals surface area contributed by atoms with Crippen LogP contribution in [0.25, 0.3) is 0 Å². The van der Waals surface area contributed by atoms with Crippen molar-refractivity contribution in [1.29, 1.82) is 0 Å². The zero-order valence-corrected chi connectivity index (χ0v) is 13.6. The molecule has 0 aliphatic carbocycles. The molecule has 1 heterocycles. The summed E-state index contributed by atoms with van der Waals surface area (Å²) in [5.41, 5.74) is 0.513.